The number of nitrogens with zero attached hydrogens (tertiary/aromatic N) is 1. The predicted molar refractivity (Wildman–Crippen MR) is 86.5 cm³/mol. The molecule has 1 N–H and O–H groups in total. The normalized spacial score (nSPS) is 37.8. The van der Waals surface area contributed by atoms with E-state index in [1.165, 1.54) is 17.8 Å². The lowest BCUT2D eigenvalue weighted by Crippen LogP contribution is -2.44. The summed E-state index contributed by atoms with van der Waals surface area (Å²) in [5.41, 5.74) is -0.609. The zero-order valence-electron chi connectivity index (χ0n) is 13.3. The van der Waals surface area contributed by atoms with Crippen LogP contribution in [0.1, 0.15) is 12.8 Å². The molecule has 1 aliphatic carbocycles. The second-order valence-corrected chi connectivity index (χ2v) is 11.9. The molecule has 1 saturated carbocycles. The fraction of sp³-hybridized carbons (Fsp3) is 0.615. The van der Waals surface area contributed by atoms with Crippen LogP contribution in [-0.2, 0) is 25.6 Å². The van der Waals surface area contributed by atoms with E-state index in [2.05, 4.69) is 11.9 Å². The van der Waals surface area contributed by atoms with Crippen molar-refractivity contribution >= 4 is 31.9 Å². The first kappa shape index (κ1) is 19.2. The molecule has 2 fully saturated rings. The molecule has 0 bridgehead atoms. The first-order valence-electron chi connectivity index (χ1n) is 7.56. The summed E-state index contributed by atoms with van der Waals surface area (Å²) in [5, 5.41) is 2.53. The minimum atomic E-state index is -4.73. The molecule has 0 aromatic rings. The Kier molecular flexibility index (Phi) is 5.03. The van der Waals surface area contributed by atoms with Gasteiger partial charge >= 0.3 is 6.03 Å². The van der Waals surface area contributed by atoms with Crippen LogP contribution in [0.4, 0.5) is 4.79 Å². The van der Waals surface area contributed by atoms with Gasteiger partial charge in [0.1, 0.15) is 6.23 Å². The van der Waals surface area contributed by atoms with E-state index >= 15 is 0 Å². The molecular weight excluding hydrogens is 390 g/mol. The van der Waals surface area contributed by atoms with Crippen LogP contribution >= 0.6 is 14.1 Å². The topological polar surface area (TPSA) is 137 Å². The predicted octanol–water partition coefficient (Wildman–Crippen LogP) is -0.859. The van der Waals surface area contributed by atoms with Crippen molar-refractivity contribution in [2.75, 3.05) is 6.66 Å². The highest BCUT2D eigenvalue weighted by molar-refractivity contribution is 8.08. The van der Waals surface area contributed by atoms with E-state index in [0.29, 0.717) is 5.70 Å². The van der Waals surface area contributed by atoms with Crippen LogP contribution in [0.25, 0.3) is 0 Å². The third kappa shape index (κ3) is 4.40. The summed E-state index contributed by atoms with van der Waals surface area (Å²) in [5.74, 6) is -0.552. The number of ether oxygens (including phenoxy) is 1. The van der Waals surface area contributed by atoms with Crippen molar-refractivity contribution in [3.05, 3.63) is 24.6 Å². The average molecular weight is 407 g/mol. The minimum absolute atomic E-state index is 0.159. The molecule has 140 valence electrons. The van der Waals surface area contributed by atoms with Gasteiger partial charge in [0.05, 0.1) is 12.2 Å². The molecule has 0 radical (unpaired) electrons. The maximum atomic E-state index is 12.1. The van der Waals surface area contributed by atoms with Gasteiger partial charge in [0, 0.05) is 18.3 Å². The summed E-state index contributed by atoms with van der Waals surface area (Å²) >= 11 is 4.80. The Balaban J connectivity index is 1.78. The van der Waals surface area contributed by atoms with Gasteiger partial charge in [-0.25, -0.2) is 4.79 Å². The van der Waals surface area contributed by atoms with E-state index in [-0.39, 0.29) is 12.8 Å². The van der Waals surface area contributed by atoms with Gasteiger partial charge in [-0.1, -0.05) is 26.0 Å². The van der Waals surface area contributed by atoms with Gasteiger partial charge in [0.25, 0.3) is 0 Å². The lowest BCUT2D eigenvalue weighted by molar-refractivity contribution is -0.314. The van der Waals surface area contributed by atoms with Crippen molar-refractivity contribution in [2.24, 2.45) is 5.92 Å². The Morgan fingerprint density at radius 3 is 2.64 bits per heavy atom. The zero-order chi connectivity index (χ0) is 18.6. The Morgan fingerprint density at radius 1 is 1.44 bits per heavy atom. The van der Waals surface area contributed by atoms with Crippen LogP contribution < -0.4 is 20.0 Å². The maximum absolute atomic E-state index is 12.1. The molecule has 6 unspecified atom stereocenters. The van der Waals surface area contributed by atoms with E-state index in [1.54, 1.807) is 6.08 Å². The van der Waals surface area contributed by atoms with Crippen LogP contribution in [0.3, 0.4) is 0 Å². The monoisotopic (exact) mass is 407 g/mol. The number of allylic oxidation sites excluding steroid dienone is 1. The summed E-state index contributed by atoms with van der Waals surface area (Å²) in [6.45, 7) is 1.59. The number of hydrogen-bond acceptors (Lipinski definition) is 8. The number of amides is 2. The number of carbonyl (C=O) groups is 1. The molecule has 0 spiro atoms. The van der Waals surface area contributed by atoms with Crippen molar-refractivity contribution in [1.29, 1.82) is 0 Å². The van der Waals surface area contributed by atoms with Gasteiger partial charge in [0.15, 0.2) is 0 Å². The first-order valence-corrected chi connectivity index (χ1v) is 12.3. The van der Waals surface area contributed by atoms with E-state index in [9.17, 15) is 24.0 Å². The standard InChI is InChI=1S/C13H20N2O7P2S/c1-7-3-4-15(13(16)14-7)11-6-9(22-23(2,17)25)12(21-11)8-5-10(8)24(18,19)20/h3-4,8-12H,1,5-6H2,2H3,(H,14,16)(H,17,25)(H2,18,19,20)/p-3. The van der Waals surface area contributed by atoms with E-state index in [0.717, 1.165) is 0 Å². The van der Waals surface area contributed by atoms with Crippen LogP contribution in [-0.4, -0.2) is 41.7 Å². The van der Waals surface area contributed by atoms with E-state index < -0.39 is 50.1 Å². The average Bonchev–Trinajstić information content (AvgIpc) is 3.14. The molecule has 12 heteroatoms. The summed E-state index contributed by atoms with van der Waals surface area (Å²) in [6.07, 6.45) is 1.11. The molecule has 1 saturated heterocycles. The first-order chi connectivity index (χ1) is 11.5. The fourth-order valence-corrected chi connectivity index (χ4v) is 5.36. The van der Waals surface area contributed by atoms with Crippen molar-refractivity contribution in [3.8, 4) is 0 Å². The highest BCUT2D eigenvalue weighted by Crippen LogP contribution is 2.57. The van der Waals surface area contributed by atoms with Gasteiger partial charge in [-0.15, -0.1) is 0 Å². The molecular formula is C13H17N2O7P2S-3. The molecule has 25 heavy (non-hydrogen) atoms. The quantitative estimate of drug-likeness (QED) is 0.582. The molecule has 2 amide bonds. The molecule has 3 rings (SSSR count). The number of carbonyl (C=O) groups excluding carboxylic acids is 1. The highest BCUT2D eigenvalue weighted by atomic mass is 32.5. The molecule has 6 atom stereocenters. The van der Waals surface area contributed by atoms with Gasteiger partial charge in [-0.2, -0.15) is 0 Å². The fourth-order valence-electron chi connectivity index (χ4n) is 3.19. The Morgan fingerprint density at radius 2 is 2.12 bits per heavy atom. The third-order valence-electron chi connectivity index (χ3n) is 4.32. The zero-order valence-corrected chi connectivity index (χ0v) is 15.9. The molecule has 0 aromatic carbocycles. The van der Waals surface area contributed by atoms with Crippen molar-refractivity contribution in [3.63, 3.8) is 0 Å². The molecule has 9 nitrogen and oxygen atoms in total. The number of nitrogens with one attached hydrogen (secondary N) is 1. The summed E-state index contributed by atoms with van der Waals surface area (Å²) in [6, 6.07) is -0.458. The van der Waals surface area contributed by atoms with Gasteiger partial charge < -0.3 is 33.8 Å². The number of urea groups is 1. The SMILES string of the molecule is C=C1C=CN(C2CC(OP(C)([O-])=S)C(C3CC3P(=O)([O-])[O-])O2)C(=O)N1. The Labute approximate surface area is 150 Å². The smallest absolute Gasteiger partial charge is 0.327 e. The third-order valence-corrected chi connectivity index (χ3v) is 6.64. The molecule has 3 aliphatic rings. The summed E-state index contributed by atoms with van der Waals surface area (Å²) in [7, 11) is -4.73. The van der Waals surface area contributed by atoms with Crippen molar-refractivity contribution in [2.45, 2.75) is 36.9 Å². The number of hydrogen-bond donors (Lipinski definition) is 1. The number of rotatable bonds is 5. The van der Waals surface area contributed by atoms with Crippen molar-refractivity contribution < 1.29 is 33.3 Å². The Hall–Kier alpha value is -0.570. The van der Waals surface area contributed by atoms with Crippen LogP contribution in [0.5, 0.6) is 0 Å². The largest absolute Gasteiger partial charge is 0.811 e. The minimum Gasteiger partial charge on any atom is -0.811 e. The van der Waals surface area contributed by atoms with E-state index in [1.807, 2.05) is 0 Å². The maximum Gasteiger partial charge on any atom is 0.327 e. The lowest BCUT2D eigenvalue weighted by Gasteiger charge is -2.33. The molecule has 2 heterocycles. The van der Waals surface area contributed by atoms with Gasteiger partial charge in [-0.05, 0) is 37.2 Å². The molecule has 0 aromatic heterocycles. The van der Waals surface area contributed by atoms with E-state index in [4.69, 9.17) is 21.1 Å². The molecule has 2 aliphatic heterocycles. The van der Waals surface area contributed by atoms with Gasteiger partial charge in [0.2, 0.25) is 0 Å². The van der Waals surface area contributed by atoms with Crippen LogP contribution in [0.2, 0.25) is 0 Å². The second kappa shape index (κ2) is 6.55. The Bertz CT molecular complexity index is 717. The summed E-state index contributed by atoms with van der Waals surface area (Å²) < 4.78 is 22.4. The van der Waals surface area contributed by atoms with Crippen LogP contribution in [0, 0.1) is 5.92 Å². The van der Waals surface area contributed by atoms with Crippen molar-refractivity contribution in [1.82, 2.24) is 10.2 Å². The lowest BCUT2D eigenvalue weighted by atomic mass is 10.1. The summed E-state index contributed by atoms with van der Waals surface area (Å²) in [4.78, 5) is 47.7. The van der Waals surface area contributed by atoms with Gasteiger partial charge in [-0.3, -0.25) is 4.90 Å². The van der Waals surface area contributed by atoms with Crippen LogP contribution in [0.15, 0.2) is 24.6 Å². The second-order valence-electron chi connectivity index (χ2n) is 6.39. The highest BCUT2D eigenvalue weighted by Gasteiger charge is 2.54.